The van der Waals surface area contributed by atoms with Gasteiger partial charge in [-0.05, 0) is 30.7 Å². The maximum atomic E-state index is 8.57. The summed E-state index contributed by atoms with van der Waals surface area (Å²) < 4.78 is 5.57. The molecular weight excluding hydrogens is 298 g/mol. The second kappa shape index (κ2) is 6.10. The van der Waals surface area contributed by atoms with Gasteiger partial charge in [-0.1, -0.05) is 11.2 Å². The third-order valence-corrected chi connectivity index (χ3v) is 2.94. The van der Waals surface area contributed by atoms with Gasteiger partial charge >= 0.3 is 6.01 Å². The number of oxazole rings is 1. The normalized spacial score (nSPS) is 11.4. The number of rotatable bonds is 4. The van der Waals surface area contributed by atoms with Crippen molar-refractivity contribution in [1.29, 1.82) is 0 Å². The quantitative estimate of drug-likeness (QED) is 0.286. The second-order valence-corrected chi connectivity index (χ2v) is 4.66. The van der Waals surface area contributed by atoms with Crippen LogP contribution in [0.1, 0.15) is 11.3 Å². The van der Waals surface area contributed by atoms with Crippen LogP contribution in [0.2, 0.25) is 0 Å². The first kappa shape index (κ1) is 14.4. The lowest BCUT2D eigenvalue weighted by molar-refractivity contribution is 0.318. The Hall–Kier alpha value is -3.49. The van der Waals surface area contributed by atoms with Gasteiger partial charge in [-0.3, -0.25) is 10.3 Å². The van der Waals surface area contributed by atoms with Crippen molar-refractivity contribution in [3.05, 3.63) is 47.9 Å². The number of nitrogens with zero attached hydrogens (tertiary/aromatic N) is 5. The lowest BCUT2D eigenvalue weighted by atomic mass is 10.2. The minimum absolute atomic E-state index is 0.118. The van der Waals surface area contributed by atoms with Crippen LogP contribution in [0, 0.1) is 6.92 Å². The fraction of sp³-hybridized carbons (Fsp3) is 0.0714. The van der Waals surface area contributed by atoms with Crippen molar-refractivity contribution in [2.45, 2.75) is 6.92 Å². The van der Waals surface area contributed by atoms with E-state index in [0.29, 0.717) is 17.3 Å². The zero-order chi connectivity index (χ0) is 16.2. The molecule has 0 aliphatic carbocycles. The average molecular weight is 311 g/mol. The zero-order valence-corrected chi connectivity index (χ0v) is 12.1. The van der Waals surface area contributed by atoms with Crippen molar-refractivity contribution < 1.29 is 9.62 Å². The highest BCUT2D eigenvalue weighted by Crippen LogP contribution is 2.22. The Morgan fingerprint density at radius 2 is 2.04 bits per heavy atom. The van der Waals surface area contributed by atoms with Gasteiger partial charge in [-0.25, -0.2) is 4.98 Å². The van der Waals surface area contributed by atoms with Crippen LogP contribution >= 0.6 is 0 Å². The van der Waals surface area contributed by atoms with Crippen LogP contribution in [0.25, 0.3) is 11.5 Å². The van der Waals surface area contributed by atoms with E-state index in [1.807, 2.05) is 19.1 Å². The molecule has 23 heavy (non-hydrogen) atoms. The van der Waals surface area contributed by atoms with E-state index in [2.05, 4.69) is 30.6 Å². The van der Waals surface area contributed by atoms with E-state index >= 15 is 0 Å². The van der Waals surface area contributed by atoms with Crippen LogP contribution in [0.4, 0.5) is 11.8 Å². The minimum atomic E-state index is -0.118. The van der Waals surface area contributed by atoms with Crippen LogP contribution < -0.4 is 11.1 Å². The molecular formula is C14H13N7O2. The van der Waals surface area contributed by atoms with Gasteiger partial charge < -0.3 is 15.4 Å². The molecule has 3 aromatic rings. The molecule has 0 spiro atoms. The van der Waals surface area contributed by atoms with E-state index in [-0.39, 0.29) is 17.5 Å². The van der Waals surface area contributed by atoms with Gasteiger partial charge in [0.25, 0.3) is 0 Å². The molecule has 0 atom stereocenters. The van der Waals surface area contributed by atoms with Gasteiger partial charge in [-0.15, -0.1) is 10.2 Å². The third kappa shape index (κ3) is 3.23. The summed E-state index contributed by atoms with van der Waals surface area (Å²) in [5.41, 5.74) is 7.42. The molecule has 0 aliphatic heterocycles. The molecule has 116 valence electrons. The van der Waals surface area contributed by atoms with Crippen molar-refractivity contribution in [1.82, 2.24) is 20.2 Å². The van der Waals surface area contributed by atoms with Crippen LogP contribution in [0.15, 0.2) is 46.2 Å². The Morgan fingerprint density at radius 1 is 1.17 bits per heavy atom. The van der Waals surface area contributed by atoms with Gasteiger partial charge in [0.2, 0.25) is 0 Å². The van der Waals surface area contributed by atoms with Gasteiger partial charge in [0.05, 0.1) is 6.20 Å². The number of nitrogens with two attached hydrogens (primary N) is 1. The predicted molar refractivity (Wildman–Crippen MR) is 82.3 cm³/mol. The first-order valence-electron chi connectivity index (χ1n) is 6.63. The fourth-order valence-corrected chi connectivity index (χ4v) is 1.76. The van der Waals surface area contributed by atoms with Crippen molar-refractivity contribution in [3.63, 3.8) is 0 Å². The number of anilines is 2. The van der Waals surface area contributed by atoms with Crippen LogP contribution in [-0.2, 0) is 0 Å². The highest BCUT2D eigenvalue weighted by atomic mass is 16.4. The summed E-state index contributed by atoms with van der Waals surface area (Å²) in [5.74, 6) is 0.825. The van der Waals surface area contributed by atoms with E-state index in [1.165, 1.54) is 0 Å². The summed E-state index contributed by atoms with van der Waals surface area (Å²) in [6, 6.07) is 7.21. The SMILES string of the molecule is Cc1ccc(-c2cnc(Nc3ccc(/C(N)=N/O)nn3)o2)nc1. The van der Waals surface area contributed by atoms with Gasteiger partial charge in [0.1, 0.15) is 11.4 Å². The van der Waals surface area contributed by atoms with Crippen LogP contribution in [0.5, 0.6) is 0 Å². The van der Waals surface area contributed by atoms with Crippen LogP contribution in [0.3, 0.4) is 0 Å². The van der Waals surface area contributed by atoms with Gasteiger partial charge in [0, 0.05) is 6.20 Å². The molecule has 0 radical (unpaired) electrons. The monoisotopic (exact) mass is 311 g/mol. The van der Waals surface area contributed by atoms with Gasteiger partial charge in [-0.2, -0.15) is 0 Å². The molecule has 0 aromatic carbocycles. The Kier molecular flexibility index (Phi) is 3.83. The molecule has 9 nitrogen and oxygen atoms in total. The molecule has 0 fully saturated rings. The van der Waals surface area contributed by atoms with E-state index in [0.717, 1.165) is 5.56 Å². The Labute approximate surface area is 130 Å². The topological polar surface area (TPSA) is 135 Å². The number of pyridine rings is 1. The lowest BCUT2D eigenvalue weighted by Gasteiger charge is -2.01. The molecule has 0 unspecified atom stereocenters. The Bertz CT molecular complexity index is 825. The number of aryl methyl sites for hydroxylation is 1. The number of hydrogen-bond acceptors (Lipinski definition) is 8. The summed E-state index contributed by atoms with van der Waals surface area (Å²) in [6.45, 7) is 1.96. The molecule has 0 bridgehead atoms. The fourth-order valence-electron chi connectivity index (χ4n) is 1.76. The van der Waals surface area contributed by atoms with Crippen LogP contribution in [-0.4, -0.2) is 31.2 Å². The highest BCUT2D eigenvalue weighted by Gasteiger charge is 2.09. The minimum Gasteiger partial charge on any atom is -0.422 e. The third-order valence-electron chi connectivity index (χ3n) is 2.94. The van der Waals surface area contributed by atoms with E-state index in [1.54, 1.807) is 24.5 Å². The number of oxime groups is 1. The standard InChI is InChI=1S/C14H13N7O2/c1-8-2-3-9(16-6-8)11-7-17-14(23-11)18-12-5-4-10(19-20-12)13(15)21-22/h2-7,22H,1H3,(H2,15,21)(H,17,18,20). The molecule has 0 amide bonds. The van der Waals surface area contributed by atoms with Crippen molar-refractivity contribution >= 4 is 17.7 Å². The highest BCUT2D eigenvalue weighted by molar-refractivity contribution is 5.95. The summed E-state index contributed by atoms with van der Waals surface area (Å²) >= 11 is 0. The van der Waals surface area contributed by atoms with E-state index in [4.69, 9.17) is 15.4 Å². The summed E-state index contributed by atoms with van der Waals surface area (Å²) in [6.07, 6.45) is 3.32. The summed E-state index contributed by atoms with van der Waals surface area (Å²) in [7, 11) is 0. The number of nitrogens with one attached hydrogen (secondary N) is 1. The van der Waals surface area contributed by atoms with Crippen molar-refractivity contribution in [3.8, 4) is 11.5 Å². The first-order valence-corrected chi connectivity index (χ1v) is 6.63. The maximum absolute atomic E-state index is 8.57. The molecule has 0 saturated carbocycles. The van der Waals surface area contributed by atoms with Crippen molar-refractivity contribution in [2.24, 2.45) is 10.9 Å². The smallest absolute Gasteiger partial charge is 0.300 e. The maximum Gasteiger partial charge on any atom is 0.300 e. The Morgan fingerprint density at radius 3 is 2.70 bits per heavy atom. The summed E-state index contributed by atoms with van der Waals surface area (Å²) in [4.78, 5) is 8.38. The number of amidine groups is 1. The number of aromatic nitrogens is 4. The van der Waals surface area contributed by atoms with E-state index in [9.17, 15) is 0 Å². The average Bonchev–Trinajstić information content (AvgIpc) is 3.04. The molecule has 4 N–H and O–H groups in total. The van der Waals surface area contributed by atoms with Gasteiger partial charge in [0.15, 0.2) is 17.4 Å². The molecule has 3 heterocycles. The largest absolute Gasteiger partial charge is 0.422 e. The lowest BCUT2D eigenvalue weighted by Crippen LogP contribution is -2.15. The Balaban J connectivity index is 1.75. The molecule has 0 aliphatic rings. The molecule has 3 aromatic heterocycles. The molecule has 0 saturated heterocycles. The predicted octanol–water partition coefficient (Wildman–Crippen LogP) is 1.67. The van der Waals surface area contributed by atoms with E-state index < -0.39 is 0 Å². The number of hydrogen-bond donors (Lipinski definition) is 3. The molecule has 3 rings (SSSR count). The first-order chi connectivity index (χ1) is 11.2. The molecule has 9 heteroatoms. The summed E-state index contributed by atoms with van der Waals surface area (Å²) in [5, 5.41) is 22.0. The zero-order valence-electron chi connectivity index (χ0n) is 12.1. The second-order valence-electron chi connectivity index (χ2n) is 4.66. The van der Waals surface area contributed by atoms with Crippen molar-refractivity contribution in [2.75, 3.05) is 5.32 Å².